The van der Waals surface area contributed by atoms with Gasteiger partial charge in [0, 0.05) is 19.2 Å². The van der Waals surface area contributed by atoms with E-state index in [1.807, 2.05) is 32.0 Å². The third kappa shape index (κ3) is 3.63. The number of carbonyl (C=O) groups excluding carboxylic acids is 2. The smallest absolute Gasteiger partial charge is 0.243 e. The summed E-state index contributed by atoms with van der Waals surface area (Å²) in [5, 5.41) is 2.95. The fraction of sp³-hybridized carbons (Fsp3) is 0.600. The van der Waals surface area contributed by atoms with E-state index in [0.29, 0.717) is 12.3 Å². The first-order valence-corrected chi connectivity index (χ1v) is 9.04. The van der Waals surface area contributed by atoms with Crippen LogP contribution in [0, 0.1) is 31.6 Å². The van der Waals surface area contributed by atoms with E-state index in [-0.39, 0.29) is 18.4 Å². The summed E-state index contributed by atoms with van der Waals surface area (Å²) < 4.78 is 0. The topological polar surface area (TPSA) is 49.4 Å². The Labute approximate surface area is 144 Å². The first-order valence-electron chi connectivity index (χ1n) is 9.04. The van der Waals surface area contributed by atoms with E-state index in [2.05, 4.69) is 5.32 Å². The van der Waals surface area contributed by atoms with Crippen LogP contribution in [0.25, 0.3) is 0 Å². The van der Waals surface area contributed by atoms with E-state index in [0.717, 1.165) is 28.7 Å². The Morgan fingerprint density at radius 3 is 2.46 bits per heavy atom. The second kappa shape index (κ2) is 6.96. The quantitative estimate of drug-likeness (QED) is 0.899. The molecule has 2 aliphatic carbocycles. The van der Waals surface area contributed by atoms with Gasteiger partial charge in [0.25, 0.3) is 0 Å². The number of anilines is 1. The molecule has 0 saturated heterocycles. The molecular weight excluding hydrogens is 300 g/mol. The Balaban J connectivity index is 1.51. The van der Waals surface area contributed by atoms with Gasteiger partial charge < -0.3 is 10.2 Å². The lowest BCUT2D eigenvalue weighted by atomic mass is 9.86. The van der Waals surface area contributed by atoms with E-state index in [9.17, 15) is 9.59 Å². The van der Waals surface area contributed by atoms with Gasteiger partial charge in [-0.05, 0) is 62.0 Å². The fourth-order valence-corrected chi connectivity index (χ4v) is 4.50. The molecule has 3 rings (SSSR count). The zero-order valence-corrected chi connectivity index (χ0v) is 15.0. The number of nitrogens with zero attached hydrogens (tertiary/aromatic N) is 1. The molecule has 2 fully saturated rings. The van der Waals surface area contributed by atoms with Crippen molar-refractivity contribution < 1.29 is 9.59 Å². The second-order valence-corrected chi connectivity index (χ2v) is 7.70. The summed E-state index contributed by atoms with van der Waals surface area (Å²) in [5.74, 6) is 2.11. The number of hydrogen-bond acceptors (Lipinski definition) is 2. The van der Waals surface area contributed by atoms with Crippen molar-refractivity contribution in [1.29, 1.82) is 0 Å². The Morgan fingerprint density at radius 2 is 1.88 bits per heavy atom. The van der Waals surface area contributed by atoms with Crippen molar-refractivity contribution in [3.05, 3.63) is 29.3 Å². The number of fused-ring (bicyclic) bond motifs is 2. The van der Waals surface area contributed by atoms with Crippen molar-refractivity contribution in [2.45, 2.75) is 46.0 Å². The van der Waals surface area contributed by atoms with Gasteiger partial charge in [-0.25, -0.2) is 0 Å². The molecule has 0 heterocycles. The lowest BCUT2D eigenvalue weighted by Crippen LogP contribution is -2.36. The van der Waals surface area contributed by atoms with Crippen LogP contribution in [0.15, 0.2) is 18.2 Å². The lowest BCUT2D eigenvalue weighted by Gasteiger charge is -2.24. The number of nitrogens with one attached hydrogen (secondary N) is 1. The number of para-hydroxylation sites is 1. The van der Waals surface area contributed by atoms with Gasteiger partial charge in [0.15, 0.2) is 0 Å². The Kier molecular flexibility index (Phi) is 4.93. The third-order valence-electron chi connectivity index (χ3n) is 5.87. The van der Waals surface area contributed by atoms with Gasteiger partial charge in [-0.3, -0.25) is 9.59 Å². The number of benzene rings is 1. The molecule has 4 nitrogen and oxygen atoms in total. The predicted octanol–water partition coefficient (Wildman–Crippen LogP) is 3.53. The van der Waals surface area contributed by atoms with Gasteiger partial charge in [-0.1, -0.05) is 24.6 Å². The van der Waals surface area contributed by atoms with Crippen molar-refractivity contribution >= 4 is 17.5 Å². The van der Waals surface area contributed by atoms with E-state index in [1.165, 1.54) is 25.7 Å². The maximum absolute atomic E-state index is 12.4. The minimum Gasteiger partial charge on any atom is -0.336 e. The molecule has 1 N–H and O–H groups in total. The van der Waals surface area contributed by atoms with Crippen molar-refractivity contribution in [2.24, 2.45) is 17.8 Å². The van der Waals surface area contributed by atoms with E-state index < -0.39 is 0 Å². The minimum absolute atomic E-state index is 0.101. The summed E-state index contributed by atoms with van der Waals surface area (Å²) in [6.07, 6.45) is 5.77. The highest BCUT2D eigenvalue weighted by molar-refractivity contribution is 5.95. The van der Waals surface area contributed by atoms with Crippen LogP contribution in [0.2, 0.25) is 0 Å². The summed E-state index contributed by atoms with van der Waals surface area (Å²) in [5.41, 5.74) is 2.94. The van der Waals surface area contributed by atoms with Crippen molar-refractivity contribution in [3.8, 4) is 0 Å². The molecule has 24 heavy (non-hydrogen) atoms. The zero-order chi connectivity index (χ0) is 17.3. The highest BCUT2D eigenvalue weighted by Crippen LogP contribution is 2.49. The normalized spacial score (nSPS) is 24.9. The molecule has 3 atom stereocenters. The van der Waals surface area contributed by atoms with Gasteiger partial charge in [0.05, 0.1) is 6.54 Å². The van der Waals surface area contributed by atoms with Gasteiger partial charge in [0.2, 0.25) is 11.8 Å². The van der Waals surface area contributed by atoms with Crippen LogP contribution in [0.5, 0.6) is 0 Å². The van der Waals surface area contributed by atoms with Crippen molar-refractivity contribution in [3.63, 3.8) is 0 Å². The summed E-state index contributed by atoms with van der Waals surface area (Å²) in [6.45, 7) is 4.08. The Hall–Kier alpha value is -1.84. The van der Waals surface area contributed by atoms with Crippen LogP contribution in [-0.2, 0) is 9.59 Å². The lowest BCUT2D eigenvalue weighted by molar-refractivity contribution is -0.134. The van der Waals surface area contributed by atoms with Crippen LogP contribution < -0.4 is 5.32 Å². The van der Waals surface area contributed by atoms with Gasteiger partial charge in [0.1, 0.15) is 0 Å². The number of hydrogen-bond donors (Lipinski definition) is 1. The molecule has 4 heteroatoms. The average Bonchev–Trinajstić information content (AvgIpc) is 3.13. The van der Waals surface area contributed by atoms with Gasteiger partial charge in [-0.2, -0.15) is 0 Å². The number of amides is 2. The highest BCUT2D eigenvalue weighted by atomic mass is 16.2. The number of likely N-dealkylation sites (N-methyl/N-ethyl adjacent to an activating group) is 1. The summed E-state index contributed by atoms with van der Waals surface area (Å²) in [4.78, 5) is 26.3. The molecule has 1 aromatic rings. The average molecular weight is 328 g/mol. The number of aryl methyl sites for hydroxylation is 2. The maximum atomic E-state index is 12.4. The predicted molar refractivity (Wildman–Crippen MR) is 95.7 cm³/mol. The SMILES string of the molecule is Cc1cccc(C)c1NC(=O)CN(C)C(=O)C[C@H]1C[C@@H]2CC[C@@H]1C2. The van der Waals surface area contributed by atoms with E-state index in [1.54, 1.807) is 11.9 Å². The largest absolute Gasteiger partial charge is 0.336 e. The van der Waals surface area contributed by atoms with Gasteiger partial charge in [-0.15, -0.1) is 0 Å². The zero-order valence-electron chi connectivity index (χ0n) is 15.0. The Bertz CT molecular complexity index is 620. The van der Waals surface area contributed by atoms with Crippen LogP contribution >= 0.6 is 0 Å². The molecule has 2 amide bonds. The van der Waals surface area contributed by atoms with Crippen LogP contribution in [0.1, 0.15) is 43.2 Å². The van der Waals surface area contributed by atoms with Gasteiger partial charge >= 0.3 is 0 Å². The first-order chi connectivity index (χ1) is 11.4. The molecule has 2 bridgehead atoms. The minimum atomic E-state index is -0.129. The van der Waals surface area contributed by atoms with E-state index in [4.69, 9.17) is 0 Å². The standard InChI is InChI=1S/C20H28N2O2/c1-13-5-4-6-14(2)20(13)21-18(23)12-22(3)19(24)11-17-10-15-7-8-16(17)9-15/h4-6,15-17H,7-12H2,1-3H3,(H,21,23)/t15-,16-,17-/m1/s1. The molecule has 0 aromatic heterocycles. The van der Waals surface area contributed by atoms with Crippen LogP contribution in [0.3, 0.4) is 0 Å². The van der Waals surface area contributed by atoms with Crippen LogP contribution in [0.4, 0.5) is 5.69 Å². The first kappa shape index (κ1) is 17.0. The second-order valence-electron chi connectivity index (χ2n) is 7.70. The Morgan fingerprint density at radius 1 is 1.17 bits per heavy atom. The summed E-state index contributed by atoms with van der Waals surface area (Å²) in [7, 11) is 1.74. The highest BCUT2D eigenvalue weighted by Gasteiger charge is 2.40. The van der Waals surface area contributed by atoms with Crippen LogP contribution in [-0.4, -0.2) is 30.3 Å². The summed E-state index contributed by atoms with van der Waals surface area (Å²) >= 11 is 0. The number of carbonyl (C=O) groups is 2. The molecule has 0 unspecified atom stereocenters. The number of rotatable bonds is 5. The molecule has 0 spiro atoms. The summed E-state index contributed by atoms with van der Waals surface area (Å²) in [6, 6.07) is 5.94. The molecule has 1 aromatic carbocycles. The fourth-order valence-electron chi connectivity index (χ4n) is 4.50. The molecule has 2 saturated carbocycles. The third-order valence-corrected chi connectivity index (χ3v) is 5.87. The monoisotopic (exact) mass is 328 g/mol. The van der Waals surface area contributed by atoms with Crippen molar-refractivity contribution in [2.75, 3.05) is 18.9 Å². The molecule has 0 radical (unpaired) electrons. The molecule has 0 aliphatic heterocycles. The van der Waals surface area contributed by atoms with E-state index >= 15 is 0 Å². The molecular formula is C20H28N2O2. The maximum Gasteiger partial charge on any atom is 0.243 e. The molecule has 2 aliphatic rings. The van der Waals surface area contributed by atoms with Crippen molar-refractivity contribution in [1.82, 2.24) is 4.90 Å². The molecule has 130 valence electrons.